The number of amides is 1. The fourth-order valence-corrected chi connectivity index (χ4v) is 5.12. The Kier molecular flexibility index (Phi) is 4.67. The number of fused-ring (bicyclic) bond motifs is 1. The predicted molar refractivity (Wildman–Crippen MR) is 98.6 cm³/mol. The molecule has 0 spiro atoms. The zero-order valence-corrected chi connectivity index (χ0v) is 15.6. The van der Waals surface area contributed by atoms with Gasteiger partial charge in [0.1, 0.15) is 4.87 Å². The Labute approximate surface area is 156 Å². The van der Waals surface area contributed by atoms with E-state index >= 15 is 0 Å². The van der Waals surface area contributed by atoms with E-state index in [1.54, 1.807) is 0 Å². The van der Waals surface area contributed by atoms with Gasteiger partial charge in [0.25, 0.3) is 5.91 Å². The molecule has 1 fully saturated rings. The van der Waals surface area contributed by atoms with E-state index in [4.69, 9.17) is 21.2 Å². The minimum Gasteiger partial charge on any atom is -0.350 e. The fraction of sp³-hybridized carbons (Fsp3) is 0.421. The number of hydroxylamine groups is 2. The highest BCUT2D eigenvalue weighted by atomic mass is 35.5. The average molecular weight is 378 g/mol. The van der Waals surface area contributed by atoms with Gasteiger partial charge in [-0.05, 0) is 31.4 Å². The first-order chi connectivity index (χ1) is 12.1. The molecule has 4 nitrogen and oxygen atoms in total. The molecule has 1 saturated heterocycles. The van der Waals surface area contributed by atoms with Gasteiger partial charge in [0, 0.05) is 30.6 Å². The number of benzene rings is 1. The molecule has 0 aromatic heterocycles. The largest absolute Gasteiger partial charge is 0.350 e. The molecule has 1 amide bonds. The Balaban J connectivity index is 1.63. The van der Waals surface area contributed by atoms with Crippen molar-refractivity contribution >= 4 is 29.3 Å². The van der Waals surface area contributed by atoms with Gasteiger partial charge in [-0.25, -0.2) is 4.84 Å². The van der Waals surface area contributed by atoms with Gasteiger partial charge in [0.15, 0.2) is 6.29 Å². The number of carbonyl (C=O) groups is 1. The van der Waals surface area contributed by atoms with Crippen molar-refractivity contribution in [2.45, 2.75) is 43.8 Å². The maximum atomic E-state index is 13.1. The molecule has 3 aliphatic heterocycles. The third-order valence-electron chi connectivity index (χ3n) is 4.79. The highest BCUT2D eigenvalue weighted by Gasteiger charge is 2.53. The Hall–Kier alpha value is -1.27. The van der Waals surface area contributed by atoms with E-state index in [2.05, 4.69) is 0 Å². The first-order valence-corrected chi connectivity index (χ1v) is 9.74. The Morgan fingerprint density at radius 2 is 2.16 bits per heavy atom. The second-order valence-corrected chi connectivity index (χ2v) is 8.66. The van der Waals surface area contributed by atoms with Gasteiger partial charge < -0.3 is 4.74 Å². The first-order valence-electron chi connectivity index (χ1n) is 8.54. The van der Waals surface area contributed by atoms with Crippen LogP contribution in [0.15, 0.2) is 51.9 Å². The molecule has 3 heterocycles. The molecule has 0 aliphatic carbocycles. The smallest absolute Gasteiger partial charge is 0.275 e. The van der Waals surface area contributed by atoms with E-state index in [0.717, 1.165) is 36.0 Å². The molecule has 25 heavy (non-hydrogen) atoms. The van der Waals surface area contributed by atoms with Crippen LogP contribution < -0.4 is 0 Å². The molecule has 0 saturated carbocycles. The monoisotopic (exact) mass is 377 g/mol. The lowest BCUT2D eigenvalue weighted by Crippen LogP contribution is -2.45. The normalized spacial score (nSPS) is 29.2. The summed E-state index contributed by atoms with van der Waals surface area (Å²) in [4.78, 5) is 18.5. The number of halogens is 1. The van der Waals surface area contributed by atoms with Crippen molar-refractivity contribution in [3.63, 3.8) is 0 Å². The van der Waals surface area contributed by atoms with E-state index in [1.165, 1.54) is 16.8 Å². The number of nitrogens with zero attached hydrogens (tertiary/aromatic N) is 1. The second kappa shape index (κ2) is 6.80. The molecule has 1 aromatic rings. The van der Waals surface area contributed by atoms with E-state index in [0.29, 0.717) is 17.4 Å². The topological polar surface area (TPSA) is 38.8 Å². The van der Waals surface area contributed by atoms with Crippen LogP contribution in [0.5, 0.6) is 0 Å². The lowest BCUT2D eigenvalue weighted by Gasteiger charge is -2.35. The van der Waals surface area contributed by atoms with Crippen LogP contribution in [0.3, 0.4) is 0 Å². The van der Waals surface area contributed by atoms with Gasteiger partial charge >= 0.3 is 0 Å². The molecule has 0 N–H and O–H groups in total. The lowest BCUT2D eigenvalue weighted by molar-refractivity contribution is -0.286. The van der Waals surface area contributed by atoms with E-state index in [1.807, 2.05) is 43.3 Å². The predicted octanol–water partition coefficient (Wildman–Crippen LogP) is 4.37. The summed E-state index contributed by atoms with van der Waals surface area (Å²) in [6.07, 6.45) is 4.98. The average Bonchev–Trinajstić information content (AvgIpc) is 3.01. The van der Waals surface area contributed by atoms with Gasteiger partial charge in [0.05, 0.1) is 4.36 Å². The van der Waals surface area contributed by atoms with E-state index < -0.39 is 4.87 Å². The zero-order valence-electron chi connectivity index (χ0n) is 14.0. The van der Waals surface area contributed by atoms with Crippen LogP contribution in [0.1, 0.15) is 31.7 Å². The molecule has 1 aromatic carbocycles. The van der Waals surface area contributed by atoms with Crippen molar-refractivity contribution in [2.75, 3.05) is 6.61 Å². The van der Waals surface area contributed by atoms with Crippen LogP contribution in [-0.2, 0) is 20.8 Å². The van der Waals surface area contributed by atoms with Crippen LogP contribution in [0, 0.1) is 0 Å². The summed E-state index contributed by atoms with van der Waals surface area (Å²) >= 11 is 7.74. The van der Waals surface area contributed by atoms with Gasteiger partial charge in [-0.15, -0.1) is 0 Å². The summed E-state index contributed by atoms with van der Waals surface area (Å²) in [6, 6.07) is 9.99. The molecule has 0 bridgehead atoms. The summed E-state index contributed by atoms with van der Waals surface area (Å²) in [6.45, 7) is 2.66. The highest BCUT2D eigenvalue weighted by molar-refractivity contribution is 8.06. The van der Waals surface area contributed by atoms with Crippen molar-refractivity contribution < 1.29 is 14.4 Å². The quantitative estimate of drug-likeness (QED) is 0.781. The standard InChI is InChI=1S/C19H20ClNO3S/c1-19-15(12-16(20)25-19)14(11-13-7-3-2-4-8-13)18(22)21(19)24-17-9-5-6-10-23-17/h2-4,7-8,12,17H,5-6,9-11H2,1H3. The maximum absolute atomic E-state index is 13.1. The van der Waals surface area contributed by atoms with Crippen molar-refractivity contribution in [3.8, 4) is 0 Å². The second-order valence-electron chi connectivity index (χ2n) is 6.59. The number of carbonyl (C=O) groups excluding carboxylic acids is 1. The molecular weight excluding hydrogens is 358 g/mol. The van der Waals surface area contributed by atoms with Crippen molar-refractivity contribution in [2.24, 2.45) is 0 Å². The van der Waals surface area contributed by atoms with Crippen molar-refractivity contribution in [3.05, 3.63) is 57.5 Å². The molecule has 4 rings (SSSR count). The van der Waals surface area contributed by atoms with Crippen molar-refractivity contribution in [1.82, 2.24) is 5.06 Å². The summed E-state index contributed by atoms with van der Waals surface area (Å²) in [5, 5.41) is 1.48. The number of thioether (sulfide) groups is 1. The summed E-state index contributed by atoms with van der Waals surface area (Å²) < 4.78 is 6.34. The lowest BCUT2D eigenvalue weighted by atomic mass is 9.99. The molecule has 132 valence electrons. The highest BCUT2D eigenvalue weighted by Crippen LogP contribution is 2.54. The SMILES string of the molecule is CC12SC(Cl)=CC1=C(Cc1ccccc1)C(=O)N2OC1CCCCO1. The van der Waals surface area contributed by atoms with E-state index in [9.17, 15) is 4.79 Å². The number of hydrogen-bond donors (Lipinski definition) is 0. The Morgan fingerprint density at radius 3 is 2.88 bits per heavy atom. The number of rotatable bonds is 4. The third kappa shape index (κ3) is 3.14. The molecule has 2 unspecified atom stereocenters. The molecule has 6 heteroatoms. The number of hydrogen-bond acceptors (Lipinski definition) is 4. The Bertz CT molecular complexity index is 742. The fourth-order valence-electron chi connectivity index (χ4n) is 3.50. The van der Waals surface area contributed by atoms with Crippen LogP contribution in [0.2, 0.25) is 0 Å². The minimum atomic E-state index is -0.626. The van der Waals surface area contributed by atoms with Crippen LogP contribution >= 0.6 is 23.4 Å². The van der Waals surface area contributed by atoms with E-state index in [-0.39, 0.29) is 12.2 Å². The van der Waals surface area contributed by atoms with Crippen LogP contribution in [0.25, 0.3) is 0 Å². The maximum Gasteiger partial charge on any atom is 0.275 e. The van der Waals surface area contributed by atoms with Crippen LogP contribution in [0.4, 0.5) is 0 Å². The molecular formula is C19H20ClNO3S. The summed E-state index contributed by atoms with van der Waals surface area (Å²) in [5.74, 6) is -0.0940. The molecule has 0 radical (unpaired) electrons. The summed E-state index contributed by atoms with van der Waals surface area (Å²) in [7, 11) is 0. The van der Waals surface area contributed by atoms with Gasteiger partial charge in [0.2, 0.25) is 0 Å². The van der Waals surface area contributed by atoms with Gasteiger partial charge in [-0.3, -0.25) is 4.79 Å². The Morgan fingerprint density at radius 1 is 1.36 bits per heavy atom. The van der Waals surface area contributed by atoms with Crippen LogP contribution in [-0.4, -0.2) is 28.7 Å². The zero-order chi connectivity index (χ0) is 17.4. The number of ether oxygens (including phenoxy) is 1. The van der Waals surface area contributed by atoms with Crippen molar-refractivity contribution in [1.29, 1.82) is 0 Å². The van der Waals surface area contributed by atoms with Gasteiger partial charge in [-0.2, -0.15) is 5.06 Å². The summed E-state index contributed by atoms with van der Waals surface area (Å²) in [5.41, 5.74) is 2.78. The molecule has 2 atom stereocenters. The first kappa shape index (κ1) is 17.2. The minimum absolute atomic E-state index is 0.0940. The third-order valence-corrected chi connectivity index (χ3v) is 6.23. The molecule has 3 aliphatic rings. The van der Waals surface area contributed by atoms with Gasteiger partial charge in [-0.1, -0.05) is 53.7 Å².